The van der Waals surface area contributed by atoms with Crippen molar-refractivity contribution in [3.8, 4) is 20.2 Å². The van der Waals surface area contributed by atoms with E-state index in [4.69, 9.17) is 12.2 Å². The molecule has 3 aromatic rings. The molecule has 0 aliphatic heterocycles. The molecule has 126 valence electrons. The highest BCUT2D eigenvalue weighted by atomic mass is 32.1. The second kappa shape index (κ2) is 7.35. The van der Waals surface area contributed by atoms with E-state index in [9.17, 15) is 0 Å². The SMILES string of the molecule is Cc1cc(-c2ccc(-c3ccc(CC4CCC4)s3)s2)ccc1N=C=S. The average Bonchev–Trinajstić information content (AvgIpc) is 3.22. The molecule has 1 aromatic carbocycles. The molecule has 1 saturated carbocycles. The van der Waals surface area contributed by atoms with E-state index in [0.29, 0.717) is 0 Å². The summed E-state index contributed by atoms with van der Waals surface area (Å²) in [6.45, 7) is 2.07. The Morgan fingerprint density at radius 2 is 1.80 bits per heavy atom. The molecule has 0 saturated heterocycles. The van der Waals surface area contributed by atoms with E-state index in [1.807, 2.05) is 28.7 Å². The zero-order chi connectivity index (χ0) is 17.2. The predicted molar refractivity (Wildman–Crippen MR) is 114 cm³/mol. The molecule has 0 N–H and O–H groups in total. The minimum Gasteiger partial charge on any atom is -0.194 e. The number of hydrogen-bond donors (Lipinski definition) is 0. The van der Waals surface area contributed by atoms with E-state index >= 15 is 0 Å². The second-order valence-electron chi connectivity index (χ2n) is 6.64. The summed E-state index contributed by atoms with van der Waals surface area (Å²) in [5.41, 5.74) is 3.27. The van der Waals surface area contributed by atoms with Gasteiger partial charge in [-0.25, -0.2) is 0 Å². The van der Waals surface area contributed by atoms with Gasteiger partial charge in [0.25, 0.3) is 0 Å². The van der Waals surface area contributed by atoms with Gasteiger partial charge in [0.15, 0.2) is 0 Å². The first-order valence-electron chi connectivity index (χ1n) is 8.61. The molecule has 0 spiro atoms. The van der Waals surface area contributed by atoms with Gasteiger partial charge >= 0.3 is 0 Å². The van der Waals surface area contributed by atoms with Crippen molar-refractivity contribution in [3.63, 3.8) is 0 Å². The number of rotatable bonds is 5. The van der Waals surface area contributed by atoms with Crippen molar-refractivity contribution >= 4 is 45.7 Å². The molecule has 2 heterocycles. The molecule has 2 aromatic heterocycles. The van der Waals surface area contributed by atoms with Crippen LogP contribution in [0.5, 0.6) is 0 Å². The van der Waals surface area contributed by atoms with Crippen molar-refractivity contribution in [2.45, 2.75) is 32.6 Å². The van der Waals surface area contributed by atoms with Crippen LogP contribution in [-0.2, 0) is 6.42 Å². The lowest BCUT2D eigenvalue weighted by atomic mass is 9.83. The Balaban J connectivity index is 1.55. The molecule has 25 heavy (non-hydrogen) atoms. The maximum atomic E-state index is 4.70. The van der Waals surface area contributed by atoms with E-state index in [1.54, 1.807) is 0 Å². The van der Waals surface area contributed by atoms with Gasteiger partial charge in [-0.2, -0.15) is 4.99 Å². The van der Waals surface area contributed by atoms with Crippen molar-refractivity contribution in [1.29, 1.82) is 0 Å². The highest BCUT2D eigenvalue weighted by molar-refractivity contribution is 7.78. The Kier molecular flexibility index (Phi) is 4.96. The van der Waals surface area contributed by atoms with E-state index in [0.717, 1.165) is 17.2 Å². The first-order chi connectivity index (χ1) is 12.2. The Morgan fingerprint density at radius 3 is 2.52 bits per heavy atom. The first-order valence-corrected chi connectivity index (χ1v) is 10.6. The number of isothiocyanates is 1. The highest BCUT2D eigenvalue weighted by Crippen LogP contribution is 2.40. The van der Waals surface area contributed by atoms with Gasteiger partial charge in [0, 0.05) is 19.5 Å². The van der Waals surface area contributed by atoms with Gasteiger partial charge in [-0.05, 0) is 79.0 Å². The molecule has 1 aliphatic carbocycles. The maximum absolute atomic E-state index is 4.70. The maximum Gasteiger partial charge on any atom is 0.0769 e. The summed E-state index contributed by atoms with van der Waals surface area (Å²) in [4.78, 5) is 9.69. The Hall–Kier alpha value is -1.58. The minimum absolute atomic E-state index is 0.898. The van der Waals surface area contributed by atoms with Crippen LogP contribution >= 0.6 is 34.9 Å². The number of aryl methyl sites for hydroxylation is 1. The van der Waals surface area contributed by atoms with Crippen LogP contribution in [0.3, 0.4) is 0 Å². The van der Waals surface area contributed by atoms with Gasteiger partial charge in [-0.15, -0.1) is 22.7 Å². The van der Waals surface area contributed by atoms with Crippen LogP contribution in [0.2, 0.25) is 0 Å². The van der Waals surface area contributed by atoms with Crippen LogP contribution in [-0.4, -0.2) is 5.16 Å². The highest BCUT2D eigenvalue weighted by Gasteiger charge is 2.18. The van der Waals surface area contributed by atoms with Crippen molar-refractivity contribution < 1.29 is 0 Å². The normalized spacial score (nSPS) is 14.1. The fourth-order valence-corrected chi connectivity index (χ4v) is 5.52. The molecular formula is C21H19NS3. The summed E-state index contributed by atoms with van der Waals surface area (Å²) in [7, 11) is 0. The van der Waals surface area contributed by atoms with E-state index in [1.165, 1.54) is 50.8 Å². The fourth-order valence-electron chi connectivity index (χ4n) is 3.21. The first kappa shape index (κ1) is 16.9. The lowest BCUT2D eigenvalue weighted by Crippen LogP contribution is -2.12. The quantitative estimate of drug-likeness (QED) is 0.329. The minimum atomic E-state index is 0.898. The Bertz CT molecular complexity index is 940. The van der Waals surface area contributed by atoms with Crippen LogP contribution in [0.1, 0.15) is 29.7 Å². The van der Waals surface area contributed by atoms with Crippen LogP contribution in [0, 0.1) is 12.8 Å². The molecule has 4 rings (SSSR count). The monoisotopic (exact) mass is 381 g/mol. The fraction of sp³-hybridized carbons (Fsp3) is 0.286. The van der Waals surface area contributed by atoms with Crippen molar-refractivity contribution in [2.24, 2.45) is 10.9 Å². The largest absolute Gasteiger partial charge is 0.194 e. The number of hydrogen-bond acceptors (Lipinski definition) is 4. The van der Waals surface area contributed by atoms with Crippen LogP contribution in [0.4, 0.5) is 5.69 Å². The molecule has 0 bridgehead atoms. The molecular weight excluding hydrogens is 362 g/mol. The number of nitrogens with zero attached hydrogens (tertiary/aromatic N) is 1. The lowest BCUT2D eigenvalue weighted by molar-refractivity contribution is 0.316. The van der Waals surface area contributed by atoms with Crippen molar-refractivity contribution in [2.75, 3.05) is 0 Å². The van der Waals surface area contributed by atoms with Crippen molar-refractivity contribution in [1.82, 2.24) is 0 Å². The molecule has 0 amide bonds. The second-order valence-corrected chi connectivity index (χ2v) is 9.07. The third kappa shape index (κ3) is 3.68. The van der Waals surface area contributed by atoms with Crippen LogP contribution in [0.25, 0.3) is 20.2 Å². The number of thiocarbonyl (C=S) groups is 1. The lowest BCUT2D eigenvalue weighted by Gasteiger charge is -2.24. The number of benzene rings is 1. The molecule has 0 unspecified atom stereocenters. The summed E-state index contributed by atoms with van der Waals surface area (Å²) in [6.07, 6.45) is 5.52. The summed E-state index contributed by atoms with van der Waals surface area (Å²) < 4.78 is 0. The Labute approximate surface area is 162 Å². The third-order valence-electron chi connectivity index (χ3n) is 4.87. The molecule has 1 fully saturated rings. The average molecular weight is 382 g/mol. The van der Waals surface area contributed by atoms with Gasteiger partial charge in [0.05, 0.1) is 10.8 Å². The van der Waals surface area contributed by atoms with E-state index in [2.05, 4.69) is 53.5 Å². The topological polar surface area (TPSA) is 12.4 Å². The molecule has 1 aliphatic rings. The Morgan fingerprint density at radius 1 is 1.04 bits per heavy atom. The molecule has 0 radical (unpaired) electrons. The summed E-state index contributed by atoms with van der Waals surface area (Å²) in [5, 5.41) is 2.45. The summed E-state index contributed by atoms with van der Waals surface area (Å²) in [5.74, 6) is 0.932. The zero-order valence-electron chi connectivity index (χ0n) is 14.1. The van der Waals surface area contributed by atoms with Gasteiger partial charge in [0.1, 0.15) is 0 Å². The van der Waals surface area contributed by atoms with E-state index in [-0.39, 0.29) is 0 Å². The molecule has 1 nitrogen and oxygen atoms in total. The molecule has 4 heteroatoms. The summed E-state index contributed by atoms with van der Waals surface area (Å²) in [6, 6.07) is 15.4. The predicted octanol–water partition coefficient (Wildman–Crippen LogP) is 7.53. The van der Waals surface area contributed by atoms with Gasteiger partial charge in [-0.1, -0.05) is 25.3 Å². The van der Waals surface area contributed by atoms with Gasteiger partial charge < -0.3 is 0 Å². The number of aliphatic imine (C=N–C) groups is 1. The molecule has 0 atom stereocenters. The zero-order valence-corrected chi connectivity index (χ0v) is 16.6. The van der Waals surface area contributed by atoms with Crippen LogP contribution < -0.4 is 0 Å². The number of thiophene rings is 2. The van der Waals surface area contributed by atoms with Gasteiger partial charge in [0.2, 0.25) is 0 Å². The van der Waals surface area contributed by atoms with Crippen molar-refractivity contribution in [3.05, 3.63) is 52.9 Å². The smallest absolute Gasteiger partial charge is 0.0769 e. The third-order valence-corrected chi connectivity index (χ3v) is 7.40. The van der Waals surface area contributed by atoms with Gasteiger partial charge in [-0.3, -0.25) is 0 Å². The van der Waals surface area contributed by atoms with Crippen LogP contribution in [0.15, 0.2) is 47.5 Å². The summed E-state index contributed by atoms with van der Waals surface area (Å²) >= 11 is 8.53. The standard InChI is InChI=1S/C21H19NS3/c1-14-11-16(5-7-18(14)22-13-23)19-9-10-21(25-19)20-8-6-17(24-20)12-15-3-2-4-15/h5-11,15H,2-4,12H2,1H3. The van der Waals surface area contributed by atoms with E-state index < -0.39 is 0 Å².